The predicted molar refractivity (Wildman–Crippen MR) is 94.2 cm³/mol. The molecule has 2 aromatic rings. The Kier molecular flexibility index (Phi) is 5.10. The van der Waals surface area contributed by atoms with E-state index in [-0.39, 0.29) is 22.0 Å². The van der Waals surface area contributed by atoms with Crippen molar-refractivity contribution >= 4 is 27.4 Å². The highest BCUT2D eigenvalue weighted by Gasteiger charge is 2.30. The van der Waals surface area contributed by atoms with Crippen molar-refractivity contribution in [3.05, 3.63) is 40.1 Å². The minimum absolute atomic E-state index is 0.0142. The molecule has 0 aliphatic carbocycles. The average Bonchev–Trinajstić information content (AvgIpc) is 3.33. The first-order valence-electron chi connectivity index (χ1n) is 8.02. The number of aromatic amines is 1. The van der Waals surface area contributed by atoms with Crippen molar-refractivity contribution < 1.29 is 22.9 Å². The summed E-state index contributed by atoms with van der Waals surface area (Å²) in [5, 5.41) is 18.9. The van der Waals surface area contributed by atoms with Crippen molar-refractivity contribution in [2.45, 2.75) is 17.7 Å². The van der Waals surface area contributed by atoms with Crippen molar-refractivity contribution in [2.75, 3.05) is 25.5 Å². The summed E-state index contributed by atoms with van der Waals surface area (Å²) in [6.45, 7) is 0.920. The highest BCUT2D eigenvalue weighted by molar-refractivity contribution is 7.89. The number of amides is 1. The number of sulfonamides is 1. The second-order valence-corrected chi connectivity index (χ2v) is 7.73. The summed E-state index contributed by atoms with van der Waals surface area (Å²) >= 11 is 0. The van der Waals surface area contributed by atoms with Crippen molar-refractivity contribution in [3.8, 4) is 5.75 Å². The van der Waals surface area contributed by atoms with Crippen LogP contribution < -0.4 is 10.1 Å². The number of methoxy groups -OCH3 is 1. The molecule has 1 amide bonds. The minimum Gasteiger partial charge on any atom is -0.495 e. The monoisotopic (exact) mass is 395 g/mol. The molecule has 0 atom stereocenters. The lowest BCUT2D eigenvalue weighted by molar-refractivity contribution is -0.389. The number of aromatic nitrogens is 2. The molecule has 2 N–H and O–H groups in total. The Balaban J connectivity index is 1.83. The van der Waals surface area contributed by atoms with Gasteiger partial charge in [0.1, 0.15) is 10.6 Å². The van der Waals surface area contributed by atoms with Gasteiger partial charge in [0.05, 0.1) is 13.2 Å². The molecule has 0 unspecified atom stereocenters. The molecule has 11 nitrogen and oxygen atoms in total. The van der Waals surface area contributed by atoms with Crippen LogP contribution in [-0.4, -0.2) is 54.0 Å². The first-order valence-corrected chi connectivity index (χ1v) is 9.46. The van der Waals surface area contributed by atoms with Gasteiger partial charge < -0.3 is 20.2 Å². The van der Waals surface area contributed by atoms with E-state index in [1.165, 1.54) is 29.6 Å². The third-order valence-corrected chi connectivity index (χ3v) is 6.04. The fourth-order valence-corrected chi connectivity index (χ4v) is 4.40. The Hall–Kier alpha value is -2.99. The first-order chi connectivity index (χ1) is 12.8. The van der Waals surface area contributed by atoms with Gasteiger partial charge in [-0.15, -0.1) is 5.10 Å². The molecule has 1 aliphatic heterocycles. The summed E-state index contributed by atoms with van der Waals surface area (Å²) in [4.78, 5) is 22.1. The molecule has 2 heterocycles. The van der Waals surface area contributed by atoms with E-state index < -0.39 is 26.7 Å². The maximum Gasteiger partial charge on any atom is 0.343 e. The van der Waals surface area contributed by atoms with Gasteiger partial charge in [-0.3, -0.25) is 4.79 Å². The van der Waals surface area contributed by atoms with E-state index in [1.54, 1.807) is 0 Å². The summed E-state index contributed by atoms with van der Waals surface area (Å²) in [6.07, 6.45) is 1.62. The van der Waals surface area contributed by atoms with Crippen LogP contribution in [0.4, 0.5) is 11.5 Å². The largest absolute Gasteiger partial charge is 0.495 e. The fraction of sp³-hybridized carbons (Fsp3) is 0.333. The summed E-state index contributed by atoms with van der Waals surface area (Å²) in [5.74, 6) is -1.01. The number of carbonyl (C=O) groups excluding carboxylic acids is 1. The molecule has 144 valence electrons. The second-order valence-electron chi connectivity index (χ2n) is 5.83. The fourth-order valence-electron chi connectivity index (χ4n) is 2.74. The van der Waals surface area contributed by atoms with Crippen molar-refractivity contribution in [1.29, 1.82) is 0 Å². The number of nitrogens with one attached hydrogen (secondary N) is 2. The number of hydrogen-bond donors (Lipinski definition) is 2. The molecule has 1 aliphatic rings. The van der Waals surface area contributed by atoms with Gasteiger partial charge in [0.2, 0.25) is 10.0 Å². The molecule has 0 radical (unpaired) electrons. The number of nitrogens with zero attached hydrogens (tertiary/aromatic N) is 3. The van der Waals surface area contributed by atoms with Crippen LogP contribution in [0.3, 0.4) is 0 Å². The van der Waals surface area contributed by atoms with Crippen LogP contribution in [0.25, 0.3) is 0 Å². The number of nitro groups is 1. The van der Waals surface area contributed by atoms with E-state index in [9.17, 15) is 23.3 Å². The Morgan fingerprint density at radius 3 is 2.63 bits per heavy atom. The lowest BCUT2D eigenvalue weighted by atomic mass is 10.3. The number of anilines is 1. The summed E-state index contributed by atoms with van der Waals surface area (Å²) in [6, 6.07) is 5.15. The topological polar surface area (TPSA) is 148 Å². The normalized spacial score (nSPS) is 14.9. The molecule has 1 fully saturated rings. The van der Waals surface area contributed by atoms with Crippen molar-refractivity contribution in [1.82, 2.24) is 14.5 Å². The molecule has 3 rings (SSSR count). The Bertz CT molecular complexity index is 980. The van der Waals surface area contributed by atoms with Gasteiger partial charge in [0.25, 0.3) is 5.91 Å². The summed E-state index contributed by atoms with van der Waals surface area (Å²) in [7, 11) is -2.35. The standard InChI is InChI=1S/C15H17N5O6S/c1-26-12-8-10(16-15(21)11-9-14(18-17-11)20(22)23)4-5-13(12)27(24,25)19-6-2-3-7-19/h4-5,8-9H,2-3,6-7H2,1H3,(H,16,21)(H,17,18). The first kappa shape index (κ1) is 18.8. The number of hydrogen-bond acceptors (Lipinski definition) is 7. The molecule has 0 saturated carbocycles. The molecule has 12 heteroatoms. The van der Waals surface area contributed by atoms with Gasteiger partial charge >= 0.3 is 5.82 Å². The van der Waals surface area contributed by atoms with Gasteiger partial charge in [0, 0.05) is 24.8 Å². The molecule has 1 saturated heterocycles. The van der Waals surface area contributed by atoms with Crippen LogP contribution in [0.1, 0.15) is 23.3 Å². The lowest BCUT2D eigenvalue weighted by Crippen LogP contribution is -2.28. The zero-order chi connectivity index (χ0) is 19.6. The van der Waals surface area contributed by atoms with Crippen molar-refractivity contribution in [3.63, 3.8) is 0 Å². The highest BCUT2D eigenvalue weighted by Crippen LogP contribution is 2.31. The van der Waals surface area contributed by atoms with Crippen LogP contribution in [0.2, 0.25) is 0 Å². The summed E-state index contributed by atoms with van der Waals surface area (Å²) < 4.78 is 32.0. The van der Waals surface area contributed by atoms with E-state index in [0.717, 1.165) is 18.9 Å². The maximum absolute atomic E-state index is 12.7. The number of carbonyl (C=O) groups is 1. The van der Waals surface area contributed by atoms with E-state index in [4.69, 9.17) is 4.74 Å². The number of H-pyrrole nitrogens is 1. The Morgan fingerprint density at radius 2 is 2.04 bits per heavy atom. The van der Waals surface area contributed by atoms with Crippen LogP contribution in [0, 0.1) is 10.1 Å². The Morgan fingerprint density at radius 1 is 1.33 bits per heavy atom. The van der Waals surface area contributed by atoms with Crippen LogP contribution in [-0.2, 0) is 10.0 Å². The number of rotatable bonds is 6. The average molecular weight is 395 g/mol. The molecule has 27 heavy (non-hydrogen) atoms. The SMILES string of the molecule is COc1cc(NC(=O)c2cc([N+](=O)[O-])[nH]n2)ccc1S(=O)(=O)N1CCCC1. The van der Waals surface area contributed by atoms with Crippen LogP contribution >= 0.6 is 0 Å². The zero-order valence-electron chi connectivity index (χ0n) is 14.3. The molecule has 0 spiro atoms. The Labute approximate surface area is 154 Å². The molecular weight excluding hydrogens is 378 g/mol. The van der Waals surface area contributed by atoms with E-state index in [0.29, 0.717) is 13.1 Å². The molecule has 1 aromatic heterocycles. The number of benzene rings is 1. The van der Waals surface area contributed by atoms with Crippen LogP contribution in [0.5, 0.6) is 5.75 Å². The third kappa shape index (κ3) is 3.75. The third-order valence-electron chi connectivity index (χ3n) is 4.10. The van der Waals surface area contributed by atoms with Gasteiger partial charge in [-0.2, -0.15) is 4.31 Å². The maximum atomic E-state index is 12.7. The second kappa shape index (κ2) is 7.32. The van der Waals surface area contributed by atoms with Gasteiger partial charge in [0.15, 0.2) is 5.69 Å². The highest BCUT2D eigenvalue weighted by atomic mass is 32.2. The molecule has 0 bridgehead atoms. The van der Waals surface area contributed by atoms with Gasteiger partial charge in [-0.05, 0) is 29.9 Å². The predicted octanol–water partition coefficient (Wildman–Crippen LogP) is 1.36. The smallest absolute Gasteiger partial charge is 0.343 e. The lowest BCUT2D eigenvalue weighted by Gasteiger charge is -2.18. The van der Waals surface area contributed by atoms with E-state index >= 15 is 0 Å². The quantitative estimate of drug-likeness (QED) is 0.554. The van der Waals surface area contributed by atoms with Gasteiger partial charge in [-0.25, -0.2) is 8.42 Å². The summed E-state index contributed by atoms with van der Waals surface area (Å²) in [5.41, 5.74) is 0.0947. The van der Waals surface area contributed by atoms with E-state index in [2.05, 4.69) is 15.5 Å². The van der Waals surface area contributed by atoms with Crippen LogP contribution in [0.15, 0.2) is 29.2 Å². The van der Waals surface area contributed by atoms with Crippen molar-refractivity contribution in [2.24, 2.45) is 0 Å². The van der Waals surface area contributed by atoms with E-state index in [1.807, 2.05) is 0 Å². The molecule has 1 aromatic carbocycles. The molecular formula is C15H17N5O6S. The minimum atomic E-state index is -3.68. The van der Waals surface area contributed by atoms with Gasteiger partial charge in [-0.1, -0.05) is 5.10 Å². The number of ether oxygens (including phenoxy) is 1. The zero-order valence-corrected chi connectivity index (χ0v) is 15.2.